The molecule has 0 aromatic carbocycles. The van der Waals surface area contributed by atoms with E-state index in [0.717, 1.165) is 6.08 Å². The fourth-order valence-electron chi connectivity index (χ4n) is 0.475. The van der Waals surface area contributed by atoms with Gasteiger partial charge in [-0.1, -0.05) is 19.7 Å². The van der Waals surface area contributed by atoms with Crippen molar-refractivity contribution < 1.29 is 9.59 Å². The van der Waals surface area contributed by atoms with Gasteiger partial charge in [0.25, 0.3) is 5.91 Å². The maximum absolute atomic E-state index is 11.0. The van der Waals surface area contributed by atoms with Crippen LogP contribution in [0.1, 0.15) is 6.92 Å². The Hall–Kier alpha value is -1.84. The molecule has 0 aromatic rings. The van der Waals surface area contributed by atoms with Crippen molar-refractivity contribution in [3.05, 3.63) is 37.2 Å². The highest BCUT2D eigenvalue weighted by Crippen LogP contribution is 1.88. The zero-order valence-corrected chi connectivity index (χ0v) is 7.52. The molecule has 0 spiro atoms. The van der Waals surface area contributed by atoms with Crippen LogP contribution < -0.4 is 10.6 Å². The molecule has 0 atom stereocenters. The second-order valence-corrected chi connectivity index (χ2v) is 2.41. The van der Waals surface area contributed by atoms with E-state index in [9.17, 15) is 9.59 Å². The van der Waals surface area contributed by atoms with E-state index in [4.69, 9.17) is 0 Å². The molecule has 0 unspecified atom stereocenters. The van der Waals surface area contributed by atoms with Crippen LogP contribution in [0.3, 0.4) is 0 Å². The minimum atomic E-state index is -0.424. The van der Waals surface area contributed by atoms with Gasteiger partial charge in [-0.15, -0.1) is 0 Å². The summed E-state index contributed by atoms with van der Waals surface area (Å²) in [6, 6.07) is 0. The van der Waals surface area contributed by atoms with E-state index in [-0.39, 0.29) is 11.7 Å². The van der Waals surface area contributed by atoms with Crippen molar-refractivity contribution in [3.8, 4) is 0 Å². The van der Waals surface area contributed by atoms with Crippen molar-refractivity contribution in [2.45, 2.75) is 6.92 Å². The third-order valence-electron chi connectivity index (χ3n) is 1.11. The molecule has 2 N–H and O–H groups in total. The lowest BCUT2D eigenvalue weighted by Crippen LogP contribution is -2.33. The third-order valence-corrected chi connectivity index (χ3v) is 1.11. The van der Waals surface area contributed by atoms with E-state index in [1.165, 1.54) is 0 Å². The zero-order chi connectivity index (χ0) is 10.4. The van der Waals surface area contributed by atoms with Gasteiger partial charge in [-0.05, 0) is 13.0 Å². The van der Waals surface area contributed by atoms with Crippen LogP contribution in [-0.2, 0) is 9.59 Å². The lowest BCUT2D eigenvalue weighted by molar-refractivity contribution is -0.117. The first-order valence-electron chi connectivity index (χ1n) is 3.56. The van der Waals surface area contributed by atoms with E-state index in [0.29, 0.717) is 5.57 Å². The lowest BCUT2D eigenvalue weighted by Gasteiger charge is -2.07. The molecular formula is C9H12N2O2. The van der Waals surface area contributed by atoms with Crippen LogP contribution in [0.5, 0.6) is 0 Å². The topological polar surface area (TPSA) is 58.2 Å². The van der Waals surface area contributed by atoms with E-state index in [2.05, 4.69) is 30.4 Å². The van der Waals surface area contributed by atoms with Gasteiger partial charge in [0.15, 0.2) is 0 Å². The third kappa shape index (κ3) is 4.58. The molecule has 13 heavy (non-hydrogen) atoms. The van der Waals surface area contributed by atoms with Gasteiger partial charge >= 0.3 is 0 Å². The molecule has 0 aliphatic carbocycles. The molecule has 4 heteroatoms. The molecule has 0 rings (SSSR count). The average molecular weight is 180 g/mol. The Balaban J connectivity index is 4.02. The van der Waals surface area contributed by atoms with Crippen LogP contribution in [-0.4, -0.2) is 11.8 Å². The molecule has 0 aliphatic heterocycles. The first kappa shape index (κ1) is 11.2. The standard InChI is InChI=1S/C9H12N2O2/c1-5-8(12)10-7(4)11-9(13)6(2)3/h5H,1-2,4H2,3H3,(H,10,12)(H,11,13). The van der Waals surface area contributed by atoms with Crippen molar-refractivity contribution in [2.75, 3.05) is 0 Å². The van der Waals surface area contributed by atoms with E-state index >= 15 is 0 Å². The van der Waals surface area contributed by atoms with Gasteiger partial charge in [-0.25, -0.2) is 0 Å². The van der Waals surface area contributed by atoms with Crippen molar-refractivity contribution in [1.82, 2.24) is 10.6 Å². The number of hydrogen-bond donors (Lipinski definition) is 2. The second-order valence-electron chi connectivity index (χ2n) is 2.41. The zero-order valence-electron chi connectivity index (χ0n) is 7.52. The summed E-state index contributed by atoms with van der Waals surface area (Å²) in [6.07, 6.45) is 1.08. The average Bonchev–Trinajstić information content (AvgIpc) is 2.03. The SMILES string of the molecule is C=CC(=O)NC(=C)NC(=O)C(=C)C. The molecule has 0 saturated carbocycles. The highest BCUT2D eigenvalue weighted by atomic mass is 16.2. The van der Waals surface area contributed by atoms with Gasteiger partial charge < -0.3 is 10.6 Å². The van der Waals surface area contributed by atoms with E-state index in [1.807, 2.05) is 0 Å². The Morgan fingerprint density at radius 1 is 1.23 bits per heavy atom. The van der Waals surface area contributed by atoms with Gasteiger partial charge in [-0.3, -0.25) is 9.59 Å². The number of carbonyl (C=O) groups is 2. The van der Waals surface area contributed by atoms with Gasteiger partial charge in [0.2, 0.25) is 5.91 Å². The van der Waals surface area contributed by atoms with Gasteiger partial charge in [-0.2, -0.15) is 0 Å². The van der Waals surface area contributed by atoms with Crippen LogP contribution in [0.2, 0.25) is 0 Å². The maximum Gasteiger partial charge on any atom is 0.251 e. The fraction of sp³-hybridized carbons (Fsp3) is 0.111. The first-order valence-corrected chi connectivity index (χ1v) is 3.56. The van der Waals surface area contributed by atoms with Crippen molar-refractivity contribution in [1.29, 1.82) is 0 Å². The summed E-state index contributed by atoms with van der Waals surface area (Å²) in [7, 11) is 0. The predicted molar refractivity (Wildman–Crippen MR) is 50.4 cm³/mol. The number of amides is 2. The Labute approximate surface area is 77.0 Å². The number of hydrogen-bond acceptors (Lipinski definition) is 2. The van der Waals surface area contributed by atoms with Crippen LogP contribution in [0, 0.1) is 0 Å². The van der Waals surface area contributed by atoms with Crippen molar-refractivity contribution in [2.24, 2.45) is 0 Å². The van der Waals surface area contributed by atoms with Crippen molar-refractivity contribution in [3.63, 3.8) is 0 Å². The Bertz CT molecular complexity index is 279. The highest BCUT2D eigenvalue weighted by molar-refractivity contribution is 5.94. The summed E-state index contributed by atoms with van der Waals surface area (Å²) in [5, 5.41) is 4.62. The lowest BCUT2D eigenvalue weighted by atomic mass is 10.3. The van der Waals surface area contributed by atoms with Crippen LogP contribution in [0.25, 0.3) is 0 Å². The molecule has 70 valence electrons. The molecule has 0 aromatic heterocycles. The molecule has 4 nitrogen and oxygen atoms in total. The quantitative estimate of drug-likeness (QED) is 0.617. The van der Waals surface area contributed by atoms with Gasteiger partial charge in [0.05, 0.1) is 0 Å². The number of rotatable bonds is 4. The predicted octanol–water partition coefficient (Wildman–Crippen LogP) is 0.452. The summed E-state index contributed by atoms with van der Waals surface area (Å²) in [5.41, 5.74) is 0.342. The van der Waals surface area contributed by atoms with E-state index < -0.39 is 5.91 Å². The summed E-state index contributed by atoms with van der Waals surface area (Å²) in [4.78, 5) is 21.7. The molecule has 0 saturated heterocycles. The summed E-state index contributed by atoms with van der Waals surface area (Å²) >= 11 is 0. The molecule has 0 bridgehead atoms. The van der Waals surface area contributed by atoms with E-state index in [1.54, 1.807) is 6.92 Å². The maximum atomic E-state index is 11.0. The molecule has 0 fully saturated rings. The molecule has 2 amide bonds. The Morgan fingerprint density at radius 2 is 1.77 bits per heavy atom. The second kappa shape index (κ2) is 4.92. The minimum Gasteiger partial charge on any atom is -0.309 e. The van der Waals surface area contributed by atoms with Crippen LogP contribution >= 0.6 is 0 Å². The summed E-state index contributed by atoms with van der Waals surface area (Å²) < 4.78 is 0. The van der Waals surface area contributed by atoms with Gasteiger partial charge in [0, 0.05) is 5.57 Å². The number of nitrogens with one attached hydrogen (secondary N) is 2. The first-order chi connectivity index (χ1) is 5.97. The highest BCUT2D eigenvalue weighted by Gasteiger charge is 2.03. The molecule has 0 radical (unpaired) electrons. The molecular weight excluding hydrogens is 168 g/mol. The molecule has 0 heterocycles. The fourth-order valence-corrected chi connectivity index (χ4v) is 0.475. The Morgan fingerprint density at radius 3 is 2.15 bits per heavy atom. The molecule has 0 aliphatic rings. The minimum absolute atomic E-state index is 0.109. The Kier molecular flexibility index (Phi) is 4.23. The van der Waals surface area contributed by atoms with Crippen molar-refractivity contribution >= 4 is 11.8 Å². The summed E-state index contributed by atoms with van der Waals surface area (Å²) in [5.74, 6) is -0.695. The summed E-state index contributed by atoms with van der Waals surface area (Å²) in [6.45, 7) is 11.6. The normalized spacial score (nSPS) is 8.38. The largest absolute Gasteiger partial charge is 0.309 e. The van der Waals surface area contributed by atoms with Crippen LogP contribution in [0.15, 0.2) is 37.2 Å². The van der Waals surface area contributed by atoms with Crippen LogP contribution in [0.4, 0.5) is 0 Å². The number of carbonyl (C=O) groups excluding carboxylic acids is 2. The van der Waals surface area contributed by atoms with Gasteiger partial charge in [0.1, 0.15) is 5.82 Å². The smallest absolute Gasteiger partial charge is 0.251 e. The monoisotopic (exact) mass is 180 g/mol.